The third-order valence-electron chi connectivity index (χ3n) is 3.06. The molecule has 0 unspecified atom stereocenters. The van der Waals surface area contributed by atoms with Gasteiger partial charge in [-0.3, -0.25) is 9.59 Å². The molecule has 22 heavy (non-hydrogen) atoms. The highest BCUT2D eigenvalue weighted by Gasteiger charge is 2.17. The van der Waals surface area contributed by atoms with Gasteiger partial charge in [0.25, 0.3) is 5.91 Å². The highest BCUT2D eigenvalue weighted by atomic mass is 16.5. The van der Waals surface area contributed by atoms with Crippen molar-refractivity contribution in [1.29, 1.82) is 0 Å². The maximum Gasteiger partial charge on any atom is 0.306 e. The first-order valence-corrected chi connectivity index (χ1v) is 7.16. The summed E-state index contributed by atoms with van der Waals surface area (Å²) in [7, 11) is 3.15. The summed E-state index contributed by atoms with van der Waals surface area (Å²) in [6.45, 7) is 2.36. The Morgan fingerprint density at radius 1 is 1.18 bits per heavy atom. The van der Waals surface area contributed by atoms with Crippen LogP contribution >= 0.6 is 0 Å². The van der Waals surface area contributed by atoms with Gasteiger partial charge < -0.3 is 19.5 Å². The summed E-state index contributed by atoms with van der Waals surface area (Å²) in [6, 6.07) is 7.47. The van der Waals surface area contributed by atoms with Crippen molar-refractivity contribution in [1.82, 2.24) is 5.32 Å². The van der Waals surface area contributed by atoms with Gasteiger partial charge in [0, 0.05) is 20.1 Å². The van der Waals surface area contributed by atoms with E-state index >= 15 is 0 Å². The van der Waals surface area contributed by atoms with Crippen LogP contribution in [0.2, 0.25) is 0 Å². The van der Waals surface area contributed by atoms with Crippen LogP contribution in [0.15, 0.2) is 24.3 Å². The second-order valence-corrected chi connectivity index (χ2v) is 4.76. The minimum atomic E-state index is -0.805. The van der Waals surface area contributed by atoms with Crippen LogP contribution in [0.1, 0.15) is 18.9 Å². The highest BCUT2D eigenvalue weighted by molar-refractivity contribution is 5.83. The summed E-state index contributed by atoms with van der Waals surface area (Å²) in [5, 5.41) is 2.62. The summed E-state index contributed by atoms with van der Waals surface area (Å²) in [5.74, 6) is 0.0488. The number of nitrogens with one attached hydrogen (secondary N) is 1. The van der Waals surface area contributed by atoms with Crippen LogP contribution < -0.4 is 10.1 Å². The third kappa shape index (κ3) is 6.58. The zero-order valence-electron chi connectivity index (χ0n) is 13.3. The SMILES string of the molecule is COCCNC(=O)[C@H](C)OC(=O)CCc1ccc(OC)cc1. The van der Waals surface area contributed by atoms with Crippen molar-refractivity contribution in [3.8, 4) is 5.75 Å². The predicted molar refractivity (Wildman–Crippen MR) is 81.8 cm³/mol. The summed E-state index contributed by atoms with van der Waals surface area (Å²) in [4.78, 5) is 23.4. The molecule has 0 saturated heterocycles. The predicted octanol–water partition coefficient (Wildman–Crippen LogP) is 1.32. The third-order valence-corrected chi connectivity index (χ3v) is 3.06. The number of carbonyl (C=O) groups excluding carboxylic acids is 2. The van der Waals surface area contributed by atoms with Gasteiger partial charge in [0.1, 0.15) is 5.75 Å². The molecule has 6 nitrogen and oxygen atoms in total. The average molecular weight is 309 g/mol. The van der Waals surface area contributed by atoms with E-state index in [1.54, 1.807) is 21.1 Å². The molecule has 1 rings (SSSR count). The maximum atomic E-state index is 11.7. The fraction of sp³-hybridized carbons (Fsp3) is 0.500. The molecule has 0 heterocycles. The number of hydrogen-bond donors (Lipinski definition) is 1. The lowest BCUT2D eigenvalue weighted by atomic mass is 10.1. The molecule has 1 amide bonds. The van der Waals surface area contributed by atoms with Gasteiger partial charge in [-0.2, -0.15) is 0 Å². The molecule has 1 atom stereocenters. The second-order valence-electron chi connectivity index (χ2n) is 4.76. The second kappa shape index (κ2) is 9.78. The molecule has 0 aliphatic rings. The number of esters is 1. The first-order chi connectivity index (χ1) is 10.6. The van der Waals surface area contributed by atoms with E-state index in [9.17, 15) is 9.59 Å². The molecule has 0 aliphatic carbocycles. The van der Waals surface area contributed by atoms with Gasteiger partial charge in [0.15, 0.2) is 6.10 Å². The van der Waals surface area contributed by atoms with Gasteiger partial charge in [-0.1, -0.05) is 12.1 Å². The zero-order valence-corrected chi connectivity index (χ0v) is 13.3. The van der Waals surface area contributed by atoms with Gasteiger partial charge in [-0.05, 0) is 31.0 Å². The number of methoxy groups -OCH3 is 2. The molecule has 1 aromatic rings. The molecular formula is C16H23NO5. The van der Waals surface area contributed by atoms with E-state index in [4.69, 9.17) is 14.2 Å². The average Bonchev–Trinajstić information content (AvgIpc) is 2.53. The van der Waals surface area contributed by atoms with Crippen LogP contribution in [-0.2, 0) is 25.5 Å². The Bertz CT molecular complexity index is 472. The first-order valence-electron chi connectivity index (χ1n) is 7.16. The standard InChI is InChI=1S/C16H23NO5/c1-12(16(19)17-10-11-20-2)22-15(18)9-6-13-4-7-14(21-3)8-5-13/h4-5,7-8,12H,6,9-11H2,1-3H3,(H,17,19)/t12-/m0/s1. The zero-order chi connectivity index (χ0) is 16.4. The Morgan fingerprint density at radius 3 is 2.45 bits per heavy atom. The van der Waals surface area contributed by atoms with Crippen molar-refractivity contribution in [3.05, 3.63) is 29.8 Å². The number of hydrogen-bond acceptors (Lipinski definition) is 5. The molecule has 0 radical (unpaired) electrons. The van der Waals surface area contributed by atoms with Gasteiger partial charge >= 0.3 is 5.97 Å². The Labute approximate surface area is 130 Å². The van der Waals surface area contributed by atoms with Crippen LogP contribution in [0.3, 0.4) is 0 Å². The number of benzene rings is 1. The van der Waals surface area contributed by atoms with Crippen molar-refractivity contribution < 1.29 is 23.8 Å². The maximum absolute atomic E-state index is 11.7. The van der Waals surface area contributed by atoms with Crippen molar-refractivity contribution in [3.63, 3.8) is 0 Å². The molecule has 0 spiro atoms. The largest absolute Gasteiger partial charge is 0.497 e. The smallest absolute Gasteiger partial charge is 0.306 e. The quantitative estimate of drug-likeness (QED) is 0.550. The molecule has 0 aliphatic heterocycles. The lowest BCUT2D eigenvalue weighted by Gasteiger charge is -2.13. The summed E-state index contributed by atoms with van der Waals surface area (Å²) < 4.78 is 15.0. The van der Waals surface area contributed by atoms with Crippen molar-refractivity contribution in [2.75, 3.05) is 27.4 Å². The van der Waals surface area contributed by atoms with Crippen LogP contribution in [-0.4, -0.2) is 45.4 Å². The molecule has 1 N–H and O–H groups in total. The van der Waals surface area contributed by atoms with E-state index in [0.29, 0.717) is 19.6 Å². The van der Waals surface area contributed by atoms with E-state index in [1.165, 1.54) is 0 Å². The van der Waals surface area contributed by atoms with Crippen molar-refractivity contribution in [2.45, 2.75) is 25.9 Å². The number of amides is 1. The number of carbonyl (C=O) groups is 2. The molecule has 0 fully saturated rings. The number of ether oxygens (including phenoxy) is 3. The molecule has 0 saturated carbocycles. The molecule has 6 heteroatoms. The lowest BCUT2D eigenvalue weighted by Crippen LogP contribution is -2.37. The van der Waals surface area contributed by atoms with E-state index in [-0.39, 0.29) is 12.3 Å². The fourth-order valence-electron chi connectivity index (χ4n) is 1.77. The Morgan fingerprint density at radius 2 is 1.86 bits per heavy atom. The lowest BCUT2D eigenvalue weighted by molar-refractivity contribution is -0.154. The van der Waals surface area contributed by atoms with E-state index in [0.717, 1.165) is 11.3 Å². The summed E-state index contributed by atoms with van der Waals surface area (Å²) in [5.41, 5.74) is 1.01. The van der Waals surface area contributed by atoms with Crippen LogP contribution in [0, 0.1) is 0 Å². The molecule has 0 aromatic heterocycles. The molecule has 1 aromatic carbocycles. The number of aryl methyl sites for hydroxylation is 1. The molecule has 122 valence electrons. The van der Waals surface area contributed by atoms with Gasteiger partial charge in [0.05, 0.1) is 13.7 Å². The Balaban J connectivity index is 2.31. The first kappa shape index (κ1) is 18.0. The van der Waals surface area contributed by atoms with Crippen molar-refractivity contribution in [2.24, 2.45) is 0 Å². The van der Waals surface area contributed by atoms with E-state index in [2.05, 4.69) is 5.32 Å². The summed E-state index contributed by atoms with van der Waals surface area (Å²) >= 11 is 0. The normalized spacial score (nSPS) is 11.6. The highest BCUT2D eigenvalue weighted by Crippen LogP contribution is 2.13. The van der Waals surface area contributed by atoms with Crippen LogP contribution in [0.4, 0.5) is 0 Å². The van der Waals surface area contributed by atoms with Crippen LogP contribution in [0.5, 0.6) is 5.75 Å². The van der Waals surface area contributed by atoms with Gasteiger partial charge in [-0.15, -0.1) is 0 Å². The topological polar surface area (TPSA) is 73.9 Å². The Kier molecular flexibility index (Phi) is 7.99. The fourth-order valence-corrected chi connectivity index (χ4v) is 1.77. The molecular weight excluding hydrogens is 286 g/mol. The van der Waals surface area contributed by atoms with Gasteiger partial charge in [0.2, 0.25) is 0 Å². The Hall–Kier alpha value is -2.08. The van der Waals surface area contributed by atoms with E-state index in [1.807, 2.05) is 24.3 Å². The summed E-state index contributed by atoms with van der Waals surface area (Å²) in [6.07, 6.45) is -0.0247. The number of rotatable bonds is 9. The minimum Gasteiger partial charge on any atom is -0.497 e. The van der Waals surface area contributed by atoms with Crippen LogP contribution in [0.25, 0.3) is 0 Å². The van der Waals surface area contributed by atoms with Gasteiger partial charge in [-0.25, -0.2) is 0 Å². The van der Waals surface area contributed by atoms with Crippen molar-refractivity contribution >= 4 is 11.9 Å². The molecule has 0 bridgehead atoms. The monoisotopic (exact) mass is 309 g/mol. The minimum absolute atomic E-state index is 0.224. The van der Waals surface area contributed by atoms with E-state index < -0.39 is 12.1 Å².